The summed E-state index contributed by atoms with van der Waals surface area (Å²) in [7, 11) is -2.01. The summed E-state index contributed by atoms with van der Waals surface area (Å²) < 4.78 is 3.64. The van der Waals surface area contributed by atoms with Crippen molar-refractivity contribution in [2.45, 2.75) is 73.6 Å². The van der Waals surface area contributed by atoms with Crippen molar-refractivity contribution in [2.75, 3.05) is 0 Å². The summed E-state index contributed by atoms with van der Waals surface area (Å²) in [6, 6.07) is 0. The van der Waals surface area contributed by atoms with E-state index in [-0.39, 0.29) is 11.5 Å². The molecule has 1 rings (SSSR count). The van der Waals surface area contributed by atoms with Crippen molar-refractivity contribution < 1.29 is 9.53 Å². The lowest BCUT2D eigenvalue weighted by Crippen LogP contribution is -2.64. The Morgan fingerprint density at radius 1 is 1.00 bits per heavy atom. The molecule has 2 nitrogen and oxygen atoms in total. The lowest BCUT2D eigenvalue weighted by molar-refractivity contribution is -0.169. The summed E-state index contributed by atoms with van der Waals surface area (Å²) in [5, 5.41) is 0. The number of esters is 1. The van der Waals surface area contributed by atoms with E-state index in [1.165, 1.54) is 0 Å². The lowest BCUT2D eigenvalue weighted by atomic mass is 10.2. The van der Waals surface area contributed by atoms with Gasteiger partial charge in [0.05, 0.1) is 13.6 Å². The first-order valence-electron chi connectivity index (χ1n) is 6.74. The smallest absolute Gasteiger partial charge is 0.310 e. The van der Waals surface area contributed by atoms with E-state index in [1.807, 2.05) is 0 Å². The maximum absolute atomic E-state index is 12.1. The van der Waals surface area contributed by atoms with Crippen molar-refractivity contribution in [1.82, 2.24) is 0 Å². The van der Waals surface area contributed by atoms with E-state index in [0.29, 0.717) is 16.6 Å². The molecule has 1 fully saturated rings. The number of alkyl halides is 3. The van der Waals surface area contributed by atoms with Gasteiger partial charge in [0.2, 0.25) is 3.79 Å². The third-order valence-corrected chi connectivity index (χ3v) is 12.9. The van der Waals surface area contributed by atoms with Crippen molar-refractivity contribution >= 4 is 48.8 Å². The minimum absolute atomic E-state index is 0.181. The van der Waals surface area contributed by atoms with Crippen LogP contribution in [0.4, 0.5) is 0 Å². The van der Waals surface area contributed by atoms with Gasteiger partial charge in [-0.25, -0.2) is 0 Å². The number of hydrogen-bond acceptors (Lipinski definition) is 2. The predicted octanol–water partition coefficient (Wildman–Crippen LogP) is 5.33. The largest absolute Gasteiger partial charge is 0.457 e. The lowest BCUT2D eigenvalue weighted by Gasteiger charge is -2.55. The Labute approximate surface area is 132 Å². The van der Waals surface area contributed by atoms with Gasteiger partial charge in [0.15, 0.2) is 6.10 Å². The summed E-state index contributed by atoms with van der Waals surface area (Å²) in [5.74, 6) is -0.181. The quantitative estimate of drug-likeness (QED) is 0.391. The van der Waals surface area contributed by atoms with E-state index in [0.717, 1.165) is 0 Å². The highest BCUT2D eigenvalue weighted by Gasteiger charge is 2.65. The Morgan fingerprint density at radius 3 is 1.58 bits per heavy atom. The molecule has 2 atom stereocenters. The van der Waals surface area contributed by atoms with Crippen molar-refractivity contribution in [3.63, 3.8) is 0 Å². The monoisotopic (exact) mass is 344 g/mol. The molecule has 1 heterocycles. The first kappa shape index (κ1) is 17.6. The van der Waals surface area contributed by atoms with Gasteiger partial charge in [-0.2, -0.15) is 0 Å². The molecule has 0 unspecified atom stereocenters. The first-order valence-corrected chi connectivity index (χ1v) is 10.2. The molecule has 112 valence electrons. The van der Waals surface area contributed by atoms with Gasteiger partial charge in [-0.3, -0.25) is 4.79 Å². The van der Waals surface area contributed by atoms with E-state index in [1.54, 1.807) is 0 Å². The Balaban J connectivity index is 3.28. The van der Waals surface area contributed by atoms with Gasteiger partial charge < -0.3 is 4.74 Å². The van der Waals surface area contributed by atoms with Crippen molar-refractivity contribution in [1.29, 1.82) is 0 Å². The van der Waals surface area contributed by atoms with E-state index in [2.05, 4.69) is 41.5 Å². The maximum Gasteiger partial charge on any atom is 0.310 e. The average Bonchev–Trinajstić information content (AvgIpc) is 2.18. The summed E-state index contributed by atoms with van der Waals surface area (Å²) in [5.41, 5.74) is 1.07. The van der Waals surface area contributed by atoms with Crippen LogP contribution in [0.15, 0.2) is 0 Å². The molecule has 1 aliphatic heterocycles. The normalized spacial score (nSPS) is 24.9. The molecular formula is C13H23Cl3O2Si. The van der Waals surface area contributed by atoms with E-state index in [4.69, 9.17) is 39.5 Å². The fourth-order valence-electron chi connectivity index (χ4n) is 4.12. The van der Waals surface area contributed by atoms with Gasteiger partial charge in [0, 0.05) is 0 Å². The first-order chi connectivity index (χ1) is 8.47. The molecule has 0 amide bonds. The molecule has 19 heavy (non-hydrogen) atoms. The average molecular weight is 346 g/mol. The molecule has 0 spiro atoms. The van der Waals surface area contributed by atoms with Crippen LogP contribution in [-0.2, 0) is 9.53 Å². The molecule has 0 N–H and O–H groups in total. The number of hydrogen-bond donors (Lipinski definition) is 0. The van der Waals surface area contributed by atoms with Gasteiger partial charge >= 0.3 is 5.97 Å². The Kier molecular flexibility index (Phi) is 5.32. The van der Waals surface area contributed by atoms with Crippen LogP contribution in [0.25, 0.3) is 0 Å². The third kappa shape index (κ3) is 2.81. The fraction of sp³-hybridized carbons (Fsp3) is 0.923. The fourth-order valence-corrected chi connectivity index (χ4v) is 12.4. The number of halogens is 3. The van der Waals surface area contributed by atoms with Crippen molar-refractivity contribution in [2.24, 2.45) is 0 Å². The SMILES string of the molecule is CC(C)[Si](C(C)C)(C(C)C)[C@@H]1C(=O)O[C@H]1C(Cl)(Cl)Cl. The van der Waals surface area contributed by atoms with E-state index < -0.39 is 18.0 Å². The number of carbonyl (C=O) groups is 1. The zero-order valence-electron chi connectivity index (χ0n) is 12.3. The summed E-state index contributed by atoms with van der Waals surface area (Å²) in [6.07, 6.45) is -0.594. The topological polar surface area (TPSA) is 26.3 Å². The molecule has 0 aliphatic carbocycles. The molecule has 1 saturated heterocycles. The van der Waals surface area contributed by atoms with Crippen LogP contribution in [0.5, 0.6) is 0 Å². The zero-order chi connectivity index (χ0) is 15.2. The van der Waals surface area contributed by atoms with Gasteiger partial charge in [0.25, 0.3) is 0 Å². The van der Waals surface area contributed by atoms with E-state index in [9.17, 15) is 4.79 Å². The zero-order valence-corrected chi connectivity index (χ0v) is 15.6. The summed E-state index contributed by atoms with van der Waals surface area (Å²) >= 11 is 18.0. The third-order valence-electron chi connectivity index (χ3n) is 4.66. The second-order valence-electron chi connectivity index (χ2n) is 6.34. The van der Waals surface area contributed by atoms with Crippen LogP contribution in [0.1, 0.15) is 41.5 Å². The molecule has 6 heteroatoms. The molecule has 0 bridgehead atoms. The predicted molar refractivity (Wildman–Crippen MR) is 85.0 cm³/mol. The molecule has 0 aromatic rings. The number of ether oxygens (including phenoxy) is 1. The molecule has 0 radical (unpaired) electrons. The van der Waals surface area contributed by atoms with Crippen LogP contribution in [0.3, 0.4) is 0 Å². The summed E-state index contributed by atoms with van der Waals surface area (Å²) in [4.78, 5) is 12.1. The molecular weight excluding hydrogens is 323 g/mol. The van der Waals surface area contributed by atoms with Crippen molar-refractivity contribution in [3.05, 3.63) is 0 Å². The highest BCUT2D eigenvalue weighted by Crippen LogP contribution is 2.58. The number of cyclic esters (lactones) is 1. The summed E-state index contributed by atoms with van der Waals surface area (Å²) in [6.45, 7) is 13.1. The van der Waals surface area contributed by atoms with Crippen molar-refractivity contribution in [3.8, 4) is 0 Å². The Hall–Kier alpha value is 0.557. The second kappa shape index (κ2) is 5.74. The minimum atomic E-state index is -2.01. The van der Waals surface area contributed by atoms with Crippen LogP contribution >= 0.6 is 34.8 Å². The van der Waals surface area contributed by atoms with Gasteiger partial charge in [0.1, 0.15) is 0 Å². The minimum Gasteiger partial charge on any atom is -0.457 e. The molecule has 1 aliphatic rings. The Bertz CT molecular complexity index is 329. The van der Waals surface area contributed by atoms with Crippen LogP contribution in [-0.4, -0.2) is 23.9 Å². The van der Waals surface area contributed by atoms with Gasteiger partial charge in [-0.15, -0.1) is 0 Å². The van der Waals surface area contributed by atoms with Crippen LogP contribution < -0.4 is 0 Å². The maximum atomic E-state index is 12.1. The van der Waals surface area contributed by atoms with Crippen LogP contribution in [0, 0.1) is 0 Å². The van der Waals surface area contributed by atoms with Gasteiger partial charge in [-0.05, 0) is 16.6 Å². The molecule has 0 saturated carbocycles. The second-order valence-corrected chi connectivity index (χ2v) is 14.8. The molecule has 0 aromatic carbocycles. The molecule has 0 aromatic heterocycles. The Morgan fingerprint density at radius 2 is 1.37 bits per heavy atom. The number of rotatable bonds is 4. The van der Waals surface area contributed by atoms with Gasteiger partial charge in [-0.1, -0.05) is 76.3 Å². The highest BCUT2D eigenvalue weighted by atomic mass is 35.6. The standard InChI is InChI=1S/C13H23Cl3O2Si/c1-7(2)19(8(3)4,9(5)6)10-11(13(14,15)16)18-12(10)17/h7-11H,1-6H3/t10-,11+/m0/s1. The van der Waals surface area contributed by atoms with Crippen LogP contribution in [0.2, 0.25) is 22.2 Å². The number of carbonyl (C=O) groups excluding carboxylic acids is 1. The highest BCUT2D eigenvalue weighted by molar-refractivity contribution is 6.88. The van der Waals surface area contributed by atoms with E-state index >= 15 is 0 Å².